The number of urea groups is 1. The smallest absolute Gasteiger partial charge is 0.335 e. The van der Waals surface area contributed by atoms with Gasteiger partial charge in [0.1, 0.15) is 11.3 Å². The SMILES string of the molecule is CCc1ccccc1N1C(=O)NC(=O)/C(=C/c2cc(I)c(Cc3cc(C)cc(C)c3)c(OC)c2)C1=O. The molecule has 36 heavy (non-hydrogen) atoms. The molecule has 0 unspecified atom stereocenters. The van der Waals surface area contributed by atoms with Crippen LogP contribution in [0.15, 0.2) is 60.2 Å². The lowest BCUT2D eigenvalue weighted by Gasteiger charge is -2.28. The van der Waals surface area contributed by atoms with Crippen molar-refractivity contribution in [2.75, 3.05) is 12.0 Å². The number of rotatable bonds is 6. The molecule has 1 N–H and O–H groups in total. The summed E-state index contributed by atoms with van der Waals surface area (Å²) in [5.74, 6) is -0.706. The lowest BCUT2D eigenvalue weighted by atomic mass is 9.98. The number of halogens is 1. The Labute approximate surface area is 224 Å². The van der Waals surface area contributed by atoms with E-state index in [1.165, 1.54) is 22.8 Å². The van der Waals surface area contributed by atoms with E-state index in [-0.39, 0.29) is 5.57 Å². The van der Waals surface area contributed by atoms with Gasteiger partial charge in [-0.3, -0.25) is 14.9 Å². The van der Waals surface area contributed by atoms with Crippen LogP contribution < -0.4 is 15.0 Å². The van der Waals surface area contributed by atoms with Crippen LogP contribution in [0.5, 0.6) is 5.75 Å². The van der Waals surface area contributed by atoms with Gasteiger partial charge in [-0.2, -0.15) is 0 Å². The molecule has 0 aliphatic carbocycles. The van der Waals surface area contributed by atoms with Crippen molar-refractivity contribution < 1.29 is 19.1 Å². The summed E-state index contributed by atoms with van der Waals surface area (Å²) in [4.78, 5) is 39.7. The van der Waals surface area contributed by atoms with Gasteiger partial charge < -0.3 is 4.74 Å². The van der Waals surface area contributed by atoms with E-state index < -0.39 is 17.8 Å². The third-order valence-corrected chi connectivity index (χ3v) is 7.05. The quantitative estimate of drug-likeness (QED) is 0.225. The number of carbonyl (C=O) groups is 3. The summed E-state index contributed by atoms with van der Waals surface area (Å²) in [5.41, 5.74) is 6.44. The summed E-state index contributed by atoms with van der Waals surface area (Å²) < 4.78 is 6.65. The largest absolute Gasteiger partial charge is 0.496 e. The topological polar surface area (TPSA) is 75.7 Å². The lowest BCUT2D eigenvalue weighted by Crippen LogP contribution is -2.54. The molecule has 1 aliphatic rings. The molecular formula is C29H27IN2O4. The fourth-order valence-corrected chi connectivity index (χ4v) is 5.33. The van der Waals surface area contributed by atoms with E-state index in [0.717, 1.165) is 19.6 Å². The van der Waals surface area contributed by atoms with E-state index in [4.69, 9.17) is 4.74 Å². The summed E-state index contributed by atoms with van der Waals surface area (Å²) in [6.45, 7) is 6.10. The van der Waals surface area contributed by atoms with Crippen LogP contribution in [-0.2, 0) is 22.4 Å². The Hall–Kier alpha value is -3.46. The minimum Gasteiger partial charge on any atom is -0.496 e. The van der Waals surface area contributed by atoms with Crippen LogP contribution in [0, 0.1) is 17.4 Å². The van der Waals surface area contributed by atoms with Crippen molar-refractivity contribution in [2.24, 2.45) is 0 Å². The van der Waals surface area contributed by atoms with Crippen LogP contribution in [0.4, 0.5) is 10.5 Å². The summed E-state index contributed by atoms with van der Waals surface area (Å²) in [6, 6.07) is 16.6. The summed E-state index contributed by atoms with van der Waals surface area (Å²) in [6.07, 6.45) is 2.84. The third-order valence-electron chi connectivity index (χ3n) is 6.09. The van der Waals surface area contributed by atoms with E-state index in [2.05, 4.69) is 60.0 Å². The number of imide groups is 2. The zero-order valence-electron chi connectivity index (χ0n) is 20.6. The van der Waals surface area contributed by atoms with Crippen molar-refractivity contribution in [3.05, 3.63) is 97.1 Å². The monoisotopic (exact) mass is 594 g/mol. The Balaban J connectivity index is 1.72. The van der Waals surface area contributed by atoms with Gasteiger partial charge in [0, 0.05) is 15.6 Å². The number of hydrogen-bond donors (Lipinski definition) is 1. The first kappa shape index (κ1) is 25.6. The Kier molecular flexibility index (Phi) is 7.59. The van der Waals surface area contributed by atoms with E-state index in [1.54, 1.807) is 19.2 Å². The third kappa shape index (κ3) is 5.21. The molecule has 4 amide bonds. The fraction of sp³-hybridized carbons (Fsp3) is 0.207. The molecule has 3 aromatic rings. The highest BCUT2D eigenvalue weighted by Crippen LogP contribution is 2.31. The zero-order valence-corrected chi connectivity index (χ0v) is 22.8. The number of barbiturate groups is 1. The van der Waals surface area contributed by atoms with E-state index in [0.29, 0.717) is 29.8 Å². The molecule has 6 nitrogen and oxygen atoms in total. The number of para-hydroxylation sites is 1. The van der Waals surface area contributed by atoms with Crippen LogP contribution in [0.2, 0.25) is 0 Å². The van der Waals surface area contributed by atoms with E-state index in [9.17, 15) is 14.4 Å². The number of nitrogens with zero attached hydrogens (tertiary/aromatic N) is 1. The number of anilines is 1. The van der Waals surface area contributed by atoms with Gasteiger partial charge in [-0.05, 0) is 83.8 Å². The second-order valence-corrected chi connectivity index (χ2v) is 9.96. The number of nitrogens with one attached hydrogen (secondary N) is 1. The molecule has 184 valence electrons. The van der Waals surface area contributed by atoms with E-state index in [1.807, 2.05) is 31.2 Å². The Morgan fingerprint density at radius 3 is 2.36 bits per heavy atom. The number of hydrogen-bond acceptors (Lipinski definition) is 4. The van der Waals surface area contributed by atoms with Gasteiger partial charge in [-0.1, -0.05) is 54.4 Å². The minimum absolute atomic E-state index is 0.111. The number of benzene rings is 3. The number of amides is 4. The average molecular weight is 594 g/mol. The molecule has 4 rings (SSSR count). The standard InChI is InChI=1S/C29H27IN2O4/c1-5-21-8-6-7-9-25(21)32-28(34)23(27(33)31-29(32)35)14-20-15-24(30)22(26(16-20)36-4)13-19-11-17(2)10-18(3)12-19/h6-12,14-16H,5,13H2,1-4H3,(H,31,33,35)/b23-14-. The second-order valence-electron chi connectivity index (χ2n) is 8.80. The highest BCUT2D eigenvalue weighted by Gasteiger charge is 2.37. The molecule has 1 aliphatic heterocycles. The van der Waals surface area contributed by atoms with Gasteiger partial charge in [-0.25, -0.2) is 9.69 Å². The molecule has 3 aromatic carbocycles. The van der Waals surface area contributed by atoms with Crippen LogP contribution in [0.25, 0.3) is 6.08 Å². The molecule has 1 saturated heterocycles. The number of methoxy groups -OCH3 is 1. The summed E-state index contributed by atoms with van der Waals surface area (Å²) in [7, 11) is 1.61. The van der Waals surface area contributed by atoms with Gasteiger partial charge in [0.05, 0.1) is 12.8 Å². The molecule has 0 atom stereocenters. The first-order valence-corrected chi connectivity index (χ1v) is 12.7. The Morgan fingerprint density at radius 1 is 1.00 bits per heavy atom. The maximum atomic E-state index is 13.4. The van der Waals surface area contributed by atoms with Crippen molar-refractivity contribution >= 4 is 52.2 Å². The molecule has 0 bridgehead atoms. The van der Waals surface area contributed by atoms with Gasteiger partial charge in [0.2, 0.25) is 0 Å². The fourth-order valence-electron chi connectivity index (χ4n) is 4.51. The van der Waals surface area contributed by atoms with Crippen LogP contribution in [-0.4, -0.2) is 25.0 Å². The molecule has 0 radical (unpaired) electrons. The molecule has 1 heterocycles. The maximum absolute atomic E-state index is 13.4. The highest BCUT2D eigenvalue weighted by molar-refractivity contribution is 14.1. The highest BCUT2D eigenvalue weighted by atomic mass is 127. The van der Waals surface area contributed by atoms with Crippen molar-refractivity contribution in [1.29, 1.82) is 0 Å². The number of carbonyl (C=O) groups excluding carboxylic acids is 3. The molecule has 1 fully saturated rings. The van der Waals surface area contributed by atoms with Crippen molar-refractivity contribution in [2.45, 2.75) is 33.6 Å². The van der Waals surface area contributed by atoms with E-state index >= 15 is 0 Å². The number of aryl methyl sites for hydroxylation is 3. The zero-order chi connectivity index (χ0) is 26.0. The van der Waals surface area contributed by atoms with Crippen LogP contribution in [0.3, 0.4) is 0 Å². The first-order chi connectivity index (χ1) is 17.2. The normalized spacial score (nSPS) is 14.9. The molecule has 0 spiro atoms. The van der Waals surface area contributed by atoms with Crippen LogP contribution in [0.1, 0.15) is 40.3 Å². The first-order valence-electron chi connectivity index (χ1n) is 11.6. The lowest BCUT2D eigenvalue weighted by molar-refractivity contribution is -0.122. The maximum Gasteiger partial charge on any atom is 0.335 e. The average Bonchev–Trinajstić information content (AvgIpc) is 2.82. The second kappa shape index (κ2) is 10.7. The Morgan fingerprint density at radius 2 is 1.69 bits per heavy atom. The van der Waals surface area contributed by atoms with Gasteiger partial charge in [-0.15, -0.1) is 0 Å². The van der Waals surface area contributed by atoms with Crippen molar-refractivity contribution in [3.63, 3.8) is 0 Å². The van der Waals surface area contributed by atoms with Crippen LogP contribution >= 0.6 is 22.6 Å². The van der Waals surface area contributed by atoms with Crippen molar-refractivity contribution in [3.8, 4) is 5.75 Å². The van der Waals surface area contributed by atoms with Gasteiger partial charge in [0.25, 0.3) is 11.8 Å². The predicted octanol–water partition coefficient (Wildman–Crippen LogP) is 5.74. The number of ether oxygens (including phenoxy) is 1. The summed E-state index contributed by atoms with van der Waals surface area (Å²) >= 11 is 2.25. The molecular weight excluding hydrogens is 567 g/mol. The van der Waals surface area contributed by atoms with Crippen molar-refractivity contribution in [1.82, 2.24) is 5.32 Å². The molecule has 7 heteroatoms. The summed E-state index contributed by atoms with van der Waals surface area (Å²) in [5, 5.41) is 2.30. The minimum atomic E-state index is -0.751. The molecule has 0 saturated carbocycles. The predicted molar refractivity (Wildman–Crippen MR) is 149 cm³/mol. The van der Waals surface area contributed by atoms with Gasteiger partial charge >= 0.3 is 6.03 Å². The van der Waals surface area contributed by atoms with Gasteiger partial charge in [0.15, 0.2) is 0 Å². The Bertz CT molecular complexity index is 1390. The molecule has 0 aromatic heterocycles.